The number of ether oxygens (including phenoxy) is 3. The highest BCUT2D eigenvalue weighted by Gasteiger charge is 2.17. The monoisotopic (exact) mass is 324 g/mol. The number of fused-ring (bicyclic) bond motifs is 2. The third-order valence-electron chi connectivity index (χ3n) is 4.34. The Labute approximate surface area is 140 Å². The first-order valence-electron chi connectivity index (χ1n) is 8.29. The second-order valence-corrected chi connectivity index (χ2v) is 6.00. The Balaban J connectivity index is 1.77. The van der Waals surface area contributed by atoms with Crippen molar-refractivity contribution in [2.45, 2.75) is 26.2 Å². The normalized spacial score (nSPS) is 12.8. The topological polar surface area (TPSA) is 40.8 Å². The molecule has 4 rings (SSSR count). The number of methoxy groups -OCH3 is 1. The number of benzene rings is 2. The smallest absolute Gasteiger partial charge is 0.231 e. The van der Waals surface area contributed by atoms with E-state index in [1.807, 2.05) is 18.2 Å². The van der Waals surface area contributed by atoms with E-state index >= 15 is 0 Å². The van der Waals surface area contributed by atoms with Crippen molar-refractivity contribution in [1.29, 1.82) is 0 Å². The van der Waals surface area contributed by atoms with Gasteiger partial charge in [-0.15, -0.1) is 0 Å². The molecule has 2 aromatic carbocycles. The fourth-order valence-corrected chi connectivity index (χ4v) is 3.05. The summed E-state index contributed by atoms with van der Waals surface area (Å²) in [4.78, 5) is 0. The molecule has 0 amide bonds. The minimum Gasteiger partial charge on any atom is -0.493 e. The molecule has 0 N–H and O–H groups in total. The maximum Gasteiger partial charge on any atom is 0.231 e. The van der Waals surface area contributed by atoms with Crippen molar-refractivity contribution in [2.75, 3.05) is 13.9 Å². The highest BCUT2D eigenvalue weighted by Crippen LogP contribution is 2.39. The molecule has 4 heteroatoms. The van der Waals surface area contributed by atoms with Crippen LogP contribution in [0.2, 0.25) is 0 Å². The van der Waals surface area contributed by atoms with Crippen LogP contribution in [0.15, 0.2) is 40.8 Å². The van der Waals surface area contributed by atoms with Crippen molar-refractivity contribution in [2.24, 2.45) is 0 Å². The van der Waals surface area contributed by atoms with Gasteiger partial charge in [0, 0.05) is 10.9 Å². The molecule has 1 aromatic heterocycles. The Morgan fingerprint density at radius 2 is 1.92 bits per heavy atom. The average Bonchev–Trinajstić information content (AvgIpc) is 3.24. The van der Waals surface area contributed by atoms with Crippen LogP contribution >= 0.6 is 0 Å². The van der Waals surface area contributed by atoms with E-state index in [0.717, 1.165) is 46.0 Å². The van der Waals surface area contributed by atoms with Crippen molar-refractivity contribution >= 4 is 11.0 Å². The lowest BCUT2D eigenvalue weighted by atomic mass is 10.1. The summed E-state index contributed by atoms with van der Waals surface area (Å²) in [7, 11) is 1.68. The van der Waals surface area contributed by atoms with Crippen LogP contribution in [0.25, 0.3) is 22.3 Å². The van der Waals surface area contributed by atoms with E-state index in [0.29, 0.717) is 0 Å². The van der Waals surface area contributed by atoms with Gasteiger partial charge in [-0.2, -0.15) is 0 Å². The van der Waals surface area contributed by atoms with E-state index < -0.39 is 0 Å². The molecule has 0 fully saturated rings. The second kappa shape index (κ2) is 6.11. The average molecular weight is 324 g/mol. The third-order valence-corrected chi connectivity index (χ3v) is 4.34. The molecule has 0 spiro atoms. The highest BCUT2D eigenvalue weighted by atomic mass is 16.7. The van der Waals surface area contributed by atoms with Gasteiger partial charge in [0.1, 0.15) is 5.76 Å². The Kier molecular flexibility index (Phi) is 3.81. The molecule has 0 aliphatic carbocycles. The van der Waals surface area contributed by atoms with Crippen molar-refractivity contribution in [1.82, 2.24) is 0 Å². The van der Waals surface area contributed by atoms with Gasteiger partial charge in [0.05, 0.1) is 7.11 Å². The van der Waals surface area contributed by atoms with E-state index in [2.05, 4.69) is 25.1 Å². The predicted octanol–water partition coefficient (Wildman–Crippen LogP) is 5.18. The summed E-state index contributed by atoms with van der Waals surface area (Å²) in [5, 5.41) is 1.06. The lowest BCUT2D eigenvalue weighted by molar-refractivity contribution is 0.174. The molecule has 1 aliphatic rings. The fourth-order valence-electron chi connectivity index (χ4n) is 3.05. The summed E-state index contributed by atoms with van der Waals surface area (Å²) in [5.41, 5.74) is 3.03. The maximum absolute atomic E-state index is 6.07. The molecular formula is C20H20O4. The van der Waals surface area contributed by atoms with Crippen LogP contribution in [0.3, 0.4) is 0 Å². The first-order chi connectivity index (χ1) is 11.8. The molecule has 3 aromatic rings. The van der Waals surface area contributed by atoms with Gasteiger partial charge >= 0.3 is 0 Å². The Morgan fingerprint density at radius 1 is 1.04 bits per heavy atom. The zero-order valence-electron chi connectivity index (χ0n) is 13.9. The van der Waals surface area contributed by atoms with Crippen LogP contribution in [-0.2, 0) is 6.42 Å². The molecule has 0 saturated heterocycles. The quantitative estimate of drug-likeness (QED) is 0.648. The minimum absolute atomic E-state index is 0.271. The van der Waals surface area contributed by atoms with E-state index in [9.17, 15) is 0 Å². The fraction of sp³-hybridized carbons (Fsp3) is 0.300. The zero-order chi connectivity index (χ0) is 16.5. The van der Waals surface area contributed by atoms with E-state index in [4.69, 9.17) is 18.6 Å². The van der Waals surface area contributed by atoms with Gasteiger partial charge in [0.25, 0.3) is 0 Å². The first kappa shape index (κ1) is 14.9. The molecule has 4 nitrogen and oxygen atoms in total. The number of rotatable bonds is 5. The van der Waals surface area contributed by atoms with E-state index in [1.54, 1.807) is 7.11 Å². The lowest BCUT2D eigenvalue weighted by Crippen LogP contribution is -1.92. The molecule has 24 heavy (non-hydrogen) atoms. The lowest BCUT2D eigenvalue weighted by Gasteiger charge is -2.05. The Bertz CT molecular complexity index is 879. The molecular weight excluding hydrogens is 304 g/mol. The summed E-state index contributed by atoms with van der Waals surface area (Å²) in [6, 6.07) is 12.2. The largest absolute Gasteiger partial charge is 0.493 e. The molecule has 0 radical (unpaired) electrons. The zero-order valence-corrected chi connectivity index (χ0v) is 13.9. The Morgan fingerprint density at radius 3 is 2.75 bits per heavy atom. The van der Waals surface area contributed by atoms with Gasteiger partial charge in [-0.25, -0.2) is 0 Å². The van der Waals surface area contributed by atoms with Crippen LogP contribution in [0.5, 0.6) is 17.2 Å². The molecule has 0 atom stereocenters. The van der Waals surface area contributed by atoms with Crippen LogP contribution < -0.4 is 14.2 Å². The van der Waals surface area contributed by atoms with Gasteiger partial charge in [-0.3, -0.25) is 0 Å². The molecule has 2 heterocycles. The molecule has 1 aliphatic heterocycles. The second-order valence-electron chi connectivity index (χ2n) is 6.00. The van der Waals surface area contributed by atoms with Gasteiger partial charge in [-0.1, -0.05) is 13.3 Å². The van der Waals surface area contributed by atoms with Crippen LogP contribution in [0, 0.1) is 0 Å². The number of hydrogen-bond donors (Lipinski definition) is 0. The molecule has 124 valence electrons. The number of hydrogen-bond acceptors (Lipinski definition) is 4. The van der Waals surface area contributed by atoms with Crippen molar-refractivity contribution < 1.29 is 18.6 Å². The number of unbranched alkanes of at least 4 members (excludes halogenated alkanes) is 1. The maximum atomic E-state index is 6.07. The standard InChI is InChI=1S/C20H20O4/c1-3-4-5-13-8-15-11-17(24-20(15)19(9-13)21-2)14-6-7-16-18(10-14)23-12-22-16/h6-11H,3-5,12H2,1-2H3. The summed E-state index contributed by atoms with van der Waals surface area (Å²) < 4.78 is 22.4. The van der Waals surface area contributed by atoms with Crippen LogP contribution in [0.1, 0.15) is 25.3 Å². The van der Waals surface area contributed by atoms with E-state index in [1.165, 1.54) is 18.4 Å². The summed E-state index contributed by atoms with van der Waals surface area (Å²) in [5.74, 6) is 3.11. The van der Waals surface area contributed by atoms with Gasteiger partial charge in [-0.05, 0) is 54.8 Å². The predicted molar refractivity (Wildman–Crippen MR) is 92.9 cm³/mol. The first-order valence-corrected chi connectivity index (χ1v) is 8.29. The van der Waals surface area contributed by atoms with E-state index in [-0.39, 0.29) is 6.79 Å². The number of furan rings is 1. The van der Waals surface area contributed by atoms with Gasteiger partial charge < -0.3 is 18.6 Å². The number of aryl methyl sites for hydroxylation is 1. The SMILES string of the molecule is CCCCc1cc(OC)c2oc(-c3ccc4c(c3)OCO4)cc2c1. The van der Waals surface area contributed by atoms with Gasteiger partial charge in [0.15, 0.2) is 22.8 Å². The summed E-state index contributed by atoms with van der Waals surface area (Å²) in [6.07, 6.45) is 3.39. The summed E-state index contributed by atoms with van der Waals surface area (Å²) in [6.45, 7) is 2.47. The Hall–Kier alpha value is -2.62. The minimum atomic E-state index is 0.271. The summed E-state index contributed by atoms with van der Waals surface area (Å²) >= 11 is 0. The van der Waals surface area contributed by atoms with Crippen LogP contribution in [0.4, 0.5) is 0 Å². The van der Waals surface area contributed by atoms with Crippen molar-refractivity contribution in [3.8, 4) is 28.6 Å². The molecule has 0 saturated carbocycles. The van der Waals surface area contributed by atoms with Crippen molar-refractivity contribution in [3.63, 3.8) is 0 Å². The molecule has 0 unspecified atom stereocenters. The highest BCUT2D eigenvalue weighted by molar-refractivity contribution is 5.88. The molecule has 0 bridgehead atoms. The van der Waals surface area contributed by atoms with Crippen molar-refractivity contribution in [3.05, 3.63) is 42.0 Å². The van der Waals surface area contributed by atoms with Gasteiger partial charge in [0.2, 0.25) is 6.79 Å². The third kappa shape index (κ3) is 2.58. The van der Waals surface area contributed by atoms with Crippen LogP contribution in [-0.4, -0.2) is 13.9 Å².